The maximum absolute atomic E-state index is 13.5. The number of carbonyl (C=O) groups is 3. The molecule has 4 aromatic carbocycles. The minimum Gasteiger partial charge on any atom is -0.493 e. The van der Waals surface area contributed by atoms with E-state index in [9.17, 15) is 18.8 Å². The zero-order chi connectivity index (χ0) is 30.8. The van der Waals surface area contributed by atoms with Crippen LogP contribution < -0.4 is 24.8 Å². The maximum Gasteiger partial charge on any atom is 0.272 e. The highest BCUT2D eigenvalue weighted by Gasteiger charge is 2.18. The molecule has 4 rings (SSSR count). The van der Waals surface area contributed by atoms with Gasteiger partial charge in [0.25, 0.3) is 11.8 Å². The summed E-state index contributed by atoms with van der Waals surface area (Å²) >= 11 is 1.28. The van der Waals surface area contributed by atoms with Crippen molar-refractivity contribution < 1.29 is 33.0 Å². The lowest BCUT2D eigenvalue weighted by molar-refractivity contribution is -0.113. The molecule has 43 heavy (non-hydrogen) atoms. The van der Waals surface area contributed by atoms with E-state index in [4.69, 9.17) is 14.2 Å². The second kappa shape index (κ2) is 14.7. The first-order valence-electron chi connectivity index (χ1n) is 13.0. The molecule has 10 heteroatoms. The Balaban J connectivity index is 1.57. The monoisotopic (exact) mass is 600 g/mol. The van der Waals surface area contributed by atoms with Crippen LogP contribution >= 0.6 is 11.8 Å². The van der Waals surface area contributed by atoms with E-state index < -0.39 is 17.6 Å². The summed E-state index contributed by atoms with van der Waals surface area (Å²) in [5.41, 5.74) is 1.71. The van der Waals surface area contributed by atoms with E-state index >= 15 is 0 Å². The van der Waals surface area contributed by atoms with Crippen molar-refractivity contribution in [3.05, 3.63) is 119 Å². The van der Waals surface area contributed by atoms with Gasteiger partial charge >= 0.3 is 0 Å². The quantitative estimate of drug-likeness (QED) is 0.113. The number of halogens is 1. The molecule has 0 aliphatic heterocycles. The van der Waals surface area contributed by atoms with Crippen molar-refractivity contribution >= 4 is 41.1 Å². The molecule has 0 aromatic heterocycles. The van der Waals surface area contributed by atoms with Gasteiger partial charge in [-0.3, -0.25) is 14.4 Å². The summed E-state index contributed by atoms with van der Waals surface area (Å²) in [4.78, 5) is 39.8. The first-order chi connectivity index (χ1) is 20.8. The largest absolute Gasteiger partial charge is 0.493 e. The Hall–Kier alpha value is -5.09. The molecule has 220 valence electrons. The number of carbonyl (C=O) groups excluding carboxylic acids is 3. The topological polar surface area (TPSA) is 103 Å². The number of ether oxygens (including phenoxy) is 3. The predicted molar refractivity (Wildman–Crippen MR) is 165 cm³/mol. The van der Waals surface area contributed by atoms with Crippen molar-refractivity contribution in [1.82, 2.24) is 5.32 Å². The molecule has 0 aliphatic carbocycles. The van der Waals surface area contributed by atoms with Gasteiger partial charge in [-0.2, -0.15) is 0 Å². The van der Waals surface area contributed by atoms with Crippen LogP contribution in [0.3, 0.4) is 0 Å². The third-order valence-corrected chi connectivity index (χ3v) is 7.15. The highest BCUT2D eigenvalue weighted by molar-refractivity contribution is 8.00. The molecule has 0 fully saturated rings. The van der Waals surface area contributed by atoms with Gasteiger partial charge in [-0.15, -0.1) is 11.8 Å². The van der Waals surface area contributed by atoms with Crippen LogP contribution in [-0.2, 0) is 4.79 Å². The molecule has 4 aromatic rings. The second-order valence-electron chi connectivity index (χ2n) is 9.04. The van der Waals surface area contributed by atoms with Gasteiger partial charge in [-0.05, 0) is 78.4 Å². The molecular formula is C33H29FN2O6S. The summed E-state index contributed by atoms with van der Waals surface area (Å²) in [5, 5.41) is 5.52. The van der Waals surface area contributed by atoms with Crippen LogP contribution in [0, 0.1) is 5.82 Å². The van der Waals surface area contributed by atoms with Gasteiger partial charge in [0.05, 0.1) is 27.1 Å². The first kappa shape index (κ1) is 30.9. The fraction of sp³-hybridized carbons (Fsp3) is 0.121. The van der Waals surface area contributed by atoms with E-state index in [2.05, 4.69) is 10.6 Å². The number of nitrogens with one attached hydrogen (secondary N) is 2. The van der Waals surface area contributed by atoms with Crippen LogP contribution in [0.1, 0.15) is 26.3 Å². The van der Waals surface area contributed by atoms with Gasteiger partial charge in [0, 0.05) is 21.7 Å². The van der Waals surface area contributed by atoms with Gasteiger partial charge in [0.1, 0.15) is 11.5 Å². The van der Waals surface area contributed by atoms with Crippen molar-refractivity contribution in [2.75, 3.05) is 32.4 Å². The van der Waals surface area contributed by atoms with Crippen LogP contribution in [0.25, 0.3) is 6.08 Å². The highest BCUT2D eigenvalue weighted by Crippen LogP contribution is 2.38. The molecule has 0 heterocycles. The average molecular weight is 601 g/mol. The molecule has 0 aliphatic rings. The molecule has 2 N–H and O–H groups in total. The van der Waals surface area contributed by atoms with Crippen molar-refractivity contribution in [3.63, 3.8) is 0 Å². The number of amides is 2. The first-order valence-corrected chi connectivity index (χ1v) is 14.0. The zero-order valence-electron chi connectivity index (χ0n) is 23.7. The standard InChI is InChI=1S/C33H29FN2O6S/c1-40-29-17-21(18-30(41-2)31(29)42-3)16-27(36-32(38)23-8-5-4-6-9-23)33(39)35-25-10-7-11-26(19-25)43-20-28(37)22-12-14-24(34)15-13-22/h4-19H,20H2,1-3H3,(H,35,39)(H,36,38)/b27-16-. The minimum absolute atomic E-state index is 0.0346. The molecule has 0 unspecified atom stereocenters. The summed E-state index contributed by atoms with van der Waals surface area (Å²) in [6.45, 7) is 0. The van der Waals surface area contributed by atoms with Gasteiger partial charge in [0.15, 0.2) is 17.3 Å². The number of hydrogen-bond donors (Lipinski definition) is 2. The van der Waals surface area contributed by atoms with Gasteiger partial charge in [0.2, 0.25) is 5.75 Å². The number of thioether (sulfide) groups is 1. The summed E-state index contributed by atoms with van der Waals surface area (Å²) in [7, 11) is 4.45. The summed E-state index contributed by atoms with van der Waals surface area (Å²) < 4.78 is 29.4. The molecule has 0 saturated carbocycles. The van der Waals surface area contributed by atoms with E-state index in [-0.39, 0.29) is 17.2 Å². The Morgan fingerprint density at radius 3 is 2.09 bits per heavy atom. The molecule has 0 atom stereocenters. The number of rotatable bonds is 12. The van der Waals surface area contributed by atoms with Crippen LogP contribution in [-0.4, -0.2) is 44.7 Å². The Kier molecular flexibility index (Phi) is 10.5. The van der Waals surface area contributed by atoms with Crippen molar-refractivity contribution in [2.45, 2.75) is 4.90 Å². The molecule has 0 spiro atoms. The summed E-state index contributed by atoms with van der Waals surface area (Å²) in [6.07, 6.45) is 1.50. The second-order valence-corrected chi connectivity index (χ2v) is 10.1. The normalized spacial score (nSPS) is 10.9. The van der Waals surface area contributed by atoms with Crippen molar-refractivity contribution in [3.8, 4) is 17.2 Å². The van der Waals surface area contributed by atoms with Gasteiger partial charge in [-0.1, -0.05) is 24.3 Å². The summed E-state index contributed by atoms with van der Waals surface area (Å²) in [5.74, 6) is -0.355. The molecular weight excluding hydrogens is 571 g/mol. The lowest BCUT2D eigenvalue weighted by Gasteiger charge is -2.15. The molecule has 0 bridgehead atoms. The molecule has 2 amide bonds. The van der Waals surface area contributed by atoms with Crippen LogP contribution in [0.2, 0.25) is 0 Å². The maximum atomic E-state index is 13.5. The molecule has 0 radical (unpaired) electrons. The number of anilines is 1. The van der Waals surface area contributed by atoms with E-state index in [0.717, 1.165) is 4.90 Å². The van der Waals surface area contributed by atoms with E-state index in [1.807, 2.05) is 6.07 Å². The Bertz CT molecular complexity index is 1620. The number of ketones is 1. The predicted octanol–water partition coefficient (Wildman–Crippen LogP) is 6.24. The van der Waals surface area contributed by atoms with Crippen molar-refractivity contribution in [2.24, 2.45) is 0 Å². The summed E-state index contributed by atoms with van der Waals surface area (Å²) in [6, 6.07) is 24.2. The lowest BCUT2D eigenvalue weighted by Crippen LogP contribution is -2.30. The third-order valence-electron chi connectivity index (χ3n) is 6.15. The minimum atomic E-state index is -0.581. The van der Waals surface area contributed by atoms with E-state index in [0.29, 0.717) is 39.6 Å². The van der Waals surface area contributed by atoms with Crippen LogP contribution in [0.4, 0.5) is 10.1 Å². The number of benzene rings is 4. The van der Waals surface area contributed by atoms with Crippen LogP contribution in [0.15, 0.2) is 102 Å². The SMILES string of the molecule is COc1cc(/C=C(\NC(=O)c2ccccc2)C(=O)Nc2cccc(SCC(=O)c3ccc(F)cc3)c2)cc(OC)c1OC. The van der Waals surface area contributed by atoms with Gasteiger partial charge in [-0.25, -0.2) is 4.39 Å². The van der Waals surface area contributed by atoms with Gasteiger partial charge < -0.3 is 24.8 Å². The zero-order valence-corrected chi connectivity index (χ0v) is 24.5. The van der Waals surface area contributed by atoms with E-state index in [1.54, 1.807) is 60.7 Å². The Morgan fingerprint density at radius 2 is 1.47 bits per heavy atom. The fourth-order valence-corrected chi connectivity index (χ4v) is 4.87. The highest BCUT2D eigenvalue weighted by atomic mass is 32.2. The number of hydrogen-bond acceptors (Lipinski definition) is 7. The number of Topliss-reactive ketones (excluding diaryl/α,β-unsaturated/α-hetero) is 1. The lowest BCUT2D eigenvalue weighted by atomic mass is 10.1. The number of methoxy groups -OCH3 is 3. The van der Waals surface area contributed by atoms with E-state index in [1.165, 1.54) is 63.4 Å². The fourth-order valence-electron chi connectivity index (χ4n) is 4.02. The Morgan fingerprint density at radius 1 is 0.791 bits per heavy atom. The molecule has 8 nitrogen and oxygen atoms in total. The van der Waals surface area contributed by atoms with Crippen LogP contribution in [0.5, 0.6) is 17.2 Å². The molecule has 0 saturated heterocycles. The Labute approximate surface area is 252 Å². The average Bonchev–Trinajstić information content (AvgIpc) is 3.03. The van der Waals surface area contributed by atoms with Crippen molar-refractivity contribution in [1.29, 1.82) is 0 Å². The third kappa shape index (κ3) is 8.23. The smallest absolute Gasteiger partial charge is 0.272 e.